The molecule has 2 rings (SSSR count). The Kier molecular flexibility index (Phi) is 4.29. The van der Waals surface area contributed by atoms with Gasteiger partial charge in [-0.15, -0.1) is 0 Å². The number of hydrogen-bond donors (Lipinski definition) is 2. The molecule has 0 saturated carbocycles. The number of aliphatic hydroxyl groups excluding tert-OH is 1. The summed E-state index contributed by atoms with van der Waals surface area (Å²) in [4.78, 5) is 16.9. The van der Waals surface area contributed by atoms with E-state index in [2.05, 4.69) is 4.98 Å². The molecule has 0 aliphatic heterocycles. The monoisotopic (exact) mass is 276 g/mol. The van der Waals surface area contributed by atoms with Gasteiger partial charge in [-0.25, -0.2) is 0 Å². The van der Waals surface area contributed by atoms with Crippen LogP contribution in [0.15, 0.2) is 24.4 Å². The van der Waals surface area contributed by atoms with Crippen molar-refractivity contribution in [1.29, 1.82) is 0 Å². The van der Waals surface area contributed by atoms with Crippen molar-refractivity contribution in [3.8, 4) is 5.75 Å². The van der Waals surface area contributed by atoms with Crippen molar-refractivity contribution in [1.82, 2.24) is 9.88 Å². The zero-order valence-electron chi connectivity index (χ0n) is 12.0. The molecule has 108 valence electrons. The van der Waals surface area contributed by atoms with Gasteiger partial charge in [0.25, 0.3) is 0 Å². The Balaban J connectivity index is 2.28. The molecule has 1 aromatic heterocycles. The van der Waals surface area contributed by atoms with Crippen LogP contribution >= 0.6 is 0 Å². The van der Waals surface area contributed by atoms with E-state index in [9.17, 15) is 4.79 Å². The fourth-order valence-corrected chi connectivity index (χ4v) is 2.19. The van der Waals surface area contributed by atoms with Crippen molar-refractivity contribution in [2.45, 2.75) is 19.4 Å². The van der Waals surface area contributed by atoms with Crippen molar-refractivity contribution in [3.05, 3.63) is 30.0 Å². The van der Waals surface area contributed by atoms with Crippen molar-refractivity contribution >= 4 is 16.8 Å². The number of likely N-dealkylation sites (N-methyl/N-ethyl adjacent to an activating group) is 1. The Labute approximate surface area is 118 Å². The molecule has 2 N–H and O–H groups in total. The number of aromatic nitrogens is 1. The minimum atomic E-state index is -0.186. The quantitative estimate of drug-likeness (QED) is 0.871. The van der Waals surface area contributed by atoms with Crippen LogP contribution in [0.5, 0.6) is 5.75 Å². The highest BCUT2D eigenvalue weighted by Gasteiger charge is 2.18. The lowest BCUT2D eigenvalue weighted by molar-refractivity contribution is -0.131. The summed E-state index contributed by atoms with van der Waals surface area (Å²) in [6.07, 6.45) is 2.11. The van der Waals surface area contributed by atoms with Crippen molar-refractivity contribution in [2.75, 3.05) is 20.8 Å². The Bertz CT molecular complexity index is 606. The average Bonchev–Trinajstić information content (AvgIpc) is 2.88. The lowest BCUT2D eigenvalue weighted by Crippen LogP contribution is -2.38. The van der Waals surface area contributed by atoms with Crippen LogP contribution in [0.25, 0.3) is 10.9 Å². The number of rotatable bonds is 5. The minimum Gasteiger partial charge on any atom is -0.496 e. The normalized spacial score (nSPS) is 12.4. The predicted molar refractivity (Wildman–Crippen MR) is 77.9 cm³/mol. The number of benzene rings is 1. The van der Waals surface area contributed by atoms with Gasteiger partial charge >= 0.3 is 0 Å². The first-order valence-electron chi connectivity index (χ1n) is 6.58. The molecular weight excluding hydrogens is 256 g/mol. The number of nitrogens with zero attached hydrogens (tertiary/aromatic N) is 1. The van der Waals surface area contributed by atoms with Crippen LogP contribution in [0, 0.1) is 0 Å². The van der Waals surface area contributed by atoms with E-state index in [1.165, 1.54) is 0 Å². The van der Waals surface area contributed by atoms with E-state index in [0.717, 1.165) is 22.2 Å². The number of aromatic amines is 1. The molecule has 0 fully saturated rings. The van der Waals surface area contributed by atoms with Gasteiger partial charge < -0.3 is 19.7 Å². The first-order valence-corrected chi connectivity index (χ1v) is 6.58. The molecule has 5 nitrogen and oxygen atoms in total. The third-order valence-electron chi connectivity index (χ3n) is 3.63. The highest BCUT2D eigenvalue weighted by Crippen LogP contribution is 2.29. The van der Waals surface area contributed by atoms with Gasteiger partial charge in [0, 0.05) is 24.1 Å². The van der Waals surface area contributed by atoms with Crippen LogP contribution in [0.3, 0.4) is 0 Å². The number of fused-ring (bicyclic) bond motifs is 1. The molecule has 1 amide bonds. The second-order valence-corrected chi connectivity index (χ2v) is 4.91. The molecule has 0 spiro atoms. The molecule has 0 radical (unpaired) electrons. The van der Waals surface area contributed by atoms with E-state index in [0.29, 0.717) is 0 Å². The summed E-state index contributed by atoms with van der Waals surface area (Å²) in [7, 11) is 3.32. The van der Waals surface area contributed by atoms with E-state index in [-0.39, 0.29) is 25.0 Å². The maximum Gasteiger partial charge on any atom is 0.227 e. The molecule has 20 heavy (non-hydrogen) atoms. The summed E-state index contributed by atoms with van der Waals surface area (Å²) in [5, 5.41) is 10.1. The number of carbonyl (C=O) groups is 1. The maximum absolute atomic E-state index is 12.2. The fraction of sp³-hybridized carbons (Fsp3) is 0.400. The largest absolute Gasteiger partial charge is 0.496 e. The molecule has 0 aliphatic rings. The van der Waals surface area contributed by atoms with Gasteiger partial charge in [-0.05, 0) is 24.6 Å². The lowest BCUT2D eigenvalue weighted by atomic mass is 10.1. The van der Waals surface area contributed by atoms with E-state index in [1.807, 2.05) is 31.3 Å². The molecule has 1 heterocycles. The fourth-order valence-electron chi connectivity index (χ4n) is 2.19. The highest BCUT2D eigenvalue weighted by atomic mass is 16.5. The van der Waals surface area contributed by atoms with Crippen molar-refractivity contribution in [3.63, 3.8) is 0 Å². The smallest absolute Gasteiger partial charge is 0.227 e. The van der Waals surface area contributed by atoms with E-state index in [1.54, 1.807) is 19.1 Å². The summed E-state index contributed by atoms with van der Waals surface area (Å²) in [5.74, 6) is 0.725. The number of carbonyl (C=O) groups excluding carboxylic acids is 1. The van der Waals surface area contributed by atoms with Gasteiger partial charge in [0.05, 0.1) is 26.2 Å². The zero-order valence-corrected chi connectivity index (χ0v) is 12.0. The molecular formula is C15H20N2O3. The summed E-state index contributed by atoms with van der Waals surface area (Å²) in [6.45, 7) is 1.77. The van der Waals surface area contributed by atoms with Crippen molar-refractivity contribution in [2.24, 2.45) is 0 Å². The van der Waals surface area contributed by atoms with Crippen LogP contribution < -0.4 is 4.74 Å². The Morgan fingerprint density at radius 2 is 2.25 bits per heavy atom. The number of ether oxygens (including phenoxy) is 1. The minimum absolute atomic E-state index is 0.0293. The Morgan fingerprint density at radius 1 is 1.50 bits per heavy atom. The molecule has 1 atom stereocenters. The van der Waals surface area contributed by atoms with Crippen LogP contribution in [-0.2, 0) is 11.2 Å². The number of hydrogen-bond acceptors (Lipinski definition) is 3. The van der Waals surface area contributed by atoms with Gasteiger partial charge in [0.15, 0.2) is 0 Å². The Hall–Kier alpha value is -2.01. The second-order valence-electron chi connectivity index (χ2n) is 4.91. The number of aliphatic hydroxyl groups is 1. The highest BCUT2D eigenvalue weighted by molar-refractivity contribution is 5.93. The first-order chi connectivity index (χ1) is 9.58. The van der Waals surface area contributed by atoms with Crippen molar-refractivity contribution < 1.29 is 14.6 Å². The van der Waals surface area contributed by atoms with Crippen LogP contribution in [-0.4, -0.2) is 47.7 Å². The van der Waals surface area contributed by atoms with Crippen LogP contribution in [0.2, 0.25) is 0 Å². The molecule has 1 aromatic carbocycles. The van der Waals surface area contributed by atoms with E-state index in [4.69, 9.17) is 9.84 Å². The molecule has 5 heteroatoms. The van der Waals surface area contributed by atoms with E-state index >= 15 is 0 Å². The standard InChI is InChI=1S/C15H20N2O3/c1-10(9-18)17(2)14(19)7-11-8-16-12-5-4-6-13(20-3)15(11)12/h4-6,8,10,16,18H,7,9H2,1-3H3. The van der Waals surface area contributed by atoms with Gasteiger partial charge in [-0.3, -0.25) is 4.79 Å². The van der Waals surface area contributed by atoms with Crippen LogP contribution in [0.1, 0.15) is 12.5 Å². The number of amides is 1. The van der Waals surface area contributed by atoms with Gasteiger partial charge in [0.1, 0.15) is 5.75 Å². The Morgan fingerprint density at radius 3 is 2.90 bits per heavy atom. The molecule has 1 unspecified atom stereocenters. The second kappa shape index (κ2) is 5.96. The first kappa shape index (κ1) is 14.4. The lowest BCUT2D eigenvalue weighted by Gasteiger charge is -2.23. The molecule has 2 aromatic rings. The molecule has 0 aliphatic carbocycles. The average molecular weight is 276 g/mol. The summed E-state index contributed by atoms with van der Waals surface area (Å²) < 4.78 is 5.35. The predicted octanol–water partition coefficient (Wildman–Crippen LogP) is 1.56. The summed E-state index contributed by atoms with van der Waals surface area (Å²) >= 11 is 0. The molecule has 0 saturated heterocycles. The third-order valence-corrected chi connectivity index (χ3v) is 3.63. The number of nitrogens with one attached hydrogen (secondary N) is 1. The van der Waals surface area contributed by atoms with E-state index < -0.39 is 0 Å². The SMILES string of the molecule is COc1cccc2[nH]cc(CC(=O)N(C)C(C)CO)c12. The van der Waals surface area contributed by atoms with Gasteiger partial charge in [-0.2, -0.15) is 0 Å². The van der Waals surface area contributed by atoms with Crippen LogP contribution in [0.4, 0.5) is 0 Å². The zero-order chi connectivity index (χ0) is 14.7. The summed E-state index contributed by atoms with van der Waals surface area (Å²) in [5.41, 5.74) is 1.85. The summed E-state index contributed by atoms with van der Waals surface area (Å²) in [6, 6.07) is 5.55. The third kappa shape index (κ3) is 2.63. The number of methoxy groups -OCH3 is 1. The topological polar surface area (TPSA) is 65.6 Å². The maximum atomic E-state index is 12.2. The van der Waals surface area contributed by atoms with Gasteiger partial charge in [0.2, 0.25) is 5.91 Å². The number of H-pyrrole nitrogens is 1. The molecule has 0 bridgehead atoms. The van der Waals surface area contributed by atoms with Gasteiger partial charge in [-0.1, -0.05) is 6.07 Å².